The molecule has 23 heavy (non-hydrogen) atoms. The molecule has 1 N–H and O–H groups in total. The average Bonchev–Trinajstić information content (AvgIpc) is 2.73. The number of carbonyl (C=O) groups excluding carboxylic acids is 1. The van der Waals surface area contributed by atoms with Crippen LogP contribution in [0.5, 0.6) is 0 Å². The van der Waals surface area contributed by atoms with E-state index in [0.29, 0.717) is 0 Å². The molecule has 6 heteroatoms. The summed E-state index contributed by atoms with van der Waals surface area (Å²) in [6.07, 6.45) is 3.89. The van der Waals surface area contributed by atoms with Crippen LogP contribution in [0.3, 0.4) is 0 Å². The van der Waals surface area contributed by atoms with E-state index in [0.717, 1.165) is 31.6 Å². The predicted octanol–water partition coefficient (Wildman–Crippen LogP) is 2.61. The number of rotatable bonds is 3. The predicted molar refractivity (Wildman–Crippen MR) is 90.2 cm³/mol. The molecule has 2 heterocycles. The lowest BCUT2D eigenvalue weighted by molar-refractivity contribution is 0.00698. The molecule has 2 unspecified atom stereocenters. The largest absolute Gasteiger partial charge is 0.444 e. The van der Waals surface area contributed by atoms with Crippen molar-refractivity contribution in [3.63, 3.8) is 0 Å². The Labute approximate surface area is 139 Å². The van der Waals surface area contributed by atoms with E-state index in [1.54, 1.807) is 0 Å². The van der Waals surface area contributed by atoms with Crippen molar-refractivity contribution in [3.8, 4) is 0 Å². The van der Waals surface area contributed by atoms with Gasteiger partial charge in [-0.1, -0.05) is 0 Å². The Morgan fingerprint density at radius 2 is 2.17 bits per heavy atom. The van der Waals surface area contributed by atoms with E-state index < -0.39 is 5.60 Å². The maximum Gasteiger partial charge on any atom is 0.410 e. The minimum Gasteiger partial charge on any atom is -0.444 e. The van der Waals surface area contributed by atoms with E-state index in [1.807, 2.05) is 50.5 Å². The first-order chi connectivity index (χ1) is 10.7. The summed E-state index contributed by atoms with van der Waals surface area (Å²) in [4.78, 5) is 14.2. The molecule has 0 bridgehead atoms. The van der Waals surface area contributed by atoms with Crippen LogP contribution in [0.15, 0.2) is 6.20 Å². The number of nitrogens with one attached hydrogen (secondary N) is 1. The summed E-state index contributed by atoms with van der Waals surface area (Å²) >= 11 is 0. The van der Waals surface area contributed by atoms with Gasteiger partial charge in [0.05, 0.1) is 5.69 Å². The monoisotopic (exact) mass is 322 g/mol. The van der Waals surface area contributed by atoms with Gasteiger partial charge in [-0.15, -0.1) is 0 Å². The molecule has 2 atom stereocenters. The zero-order valence-electron chi connectivity index (χ0n) is 15.2. The van der Waals surface area contributed by atoms with Gasteiger partial charge >= 0.3 is 6.09 Å². The fraction of sp³-hybridized carbons (Fsp3) is 0.765. The Balaban J connectivity index is 1.95. The Morgan fingerprint density at radius 3 is 2.74 bits per heavy atom. The second-order valence-corrected chi connectivity index (χ2v) is 7.46. The van der Waals surface area contributed by atoms with E-state index in [2.05, 4.69) is 17.3 Å². The summed E-state index contributed by atoms with van der Waals surface area (Å²) in [5.41, 5.74) is 1.80. The molecule has 1 fully saturated rings. The number of ether oxygens (including phenoxy) is 1. The minimum absolute atomic E-state index is 0.121. The molecular formula is C17H30N4O2. The molecule has 1 aliphatic rings. The van der Waals surface area contributed by atoms with E-state index in [1.165, 1.54) is 5.56 Å². The van der Waals surface area contributed by atoms with Crippen LogP contribution in [0.4, 0.5) is 4.79 Å². The van der Waals surface area contributed by atoms with Crippen LogP contribution in [-0.2, 0) is 18.3 Å². The van der Waals surface area contributed by atoms with Crippen LogP contribution in [0.25, 0.3) is 0 Å². The van der Waals surface area contributed by atoms with Gasteiger partial charge in [-0.2, -0.15) is 5.10 Å². The van der Waals surface area contributed by atoms with Gasteiger partial charge < -0.3 is 15.0 Å². The van der Waals surface area contributed by atoms with E-state index in [4.69, 9.17) is 4.74 Å². The normalized spacial score (nSPS) is 22.3. The molecular weight excluding hydrogens is 292 g/mol. The number of aromatic nitrogens is 2. The maximum atomic E-state index is 12.4. The molecule has 1 aromatic heterocycles. The lowest BCUT2D eigenvalue weighted by Gasteiger charge is -2.40. The second kappa shape index (κ2) is 6.91. The first-order valence-electron chi connectivity index (χ1n) is 8.39. The Morgan fingerprint density at radius 1 is 1.48 bits per heavy atom. The molecule has 0 radical (unpaired) electrons. The molecule has 130 valence electrons. The highest BCUT2D eigenvalue weighted by molar-refractivity contribution is 5.68. The van der Waals surface area contributed by atoms with Crippen molar-refractivity contribution < 1.29 is 9.53 Å². The number of nitrogens with zero attached hydrogens (tertiary/aromatic N) is 3. The zero-order chi connectivity index (χ0) is 17.2. The molecule has 0 spiro atoms. The SMILES string of the molecule is Cc1nn(C)cc1CNC1CCCN(C(=O)OC(C)(C)C)C1C. The van der Waals surface area contributed by atoms with Gasteiger partial charge in [0, 0.05) is 44.0 Å². The van der Waals surface area contributed by atoms with Crippen molar-refractivity contribution in [2.24, 2.45) is 7.05 Å². The van der Waals surface area contributed by atoms with Crippen molar-refractivity contribution in [1.29, 1.82) is 0 Å². The second-order valence-electron chi connectivity index (χ2n) is 7.46. The Kier molecular flexibility index (Phi) is 5.34. The summed E-state index contributed by atoms with van der Waals surface area (Å²) in [7, 11) is 1.93. The Hall–Kier alpha value is -1.56. The van der Waals surface area contributed by atoms with Crippen molar-refractivity contribution in [1.82, 2.24) is 20.0 Å². The van der Waals surface area contributed by atoms with Gasteiger partial charge in [-0.05, 0) is 47.5 Å². The molecule has 1 amide bonds. The van der Waals surface area contributed by atoms with Crippen LogP contribution in [0.1, 0.15) is 51.8 Å². The molecule has 1 saturated heterocycles. The standard InChI is InChI=1S/C17H30N4O2/c1-12-14(11-20(6)19-12)10-18-15-8-7-9-21(13(15)2)16(22)23-17(3,4)5/h11,13,15,18H,7-10H2,1-6H3. The number of hydrogen-bond donors (Lipinski definition) is 1. The number of aryl methyl sites for hydroxylation is 2. The van der Waals surface area contributed by atoms with Gasteiger partial charge in [0.2, 0.25) is 0 Å². The van der Waals surface area contributed by atoms with E-state index >= 15 is 0 Å². The van der Waals surface area contributed by atoms with Crippen molar-refractivity contribution >= 4 is 6.09 Å². The third kappa shape index (κ3) is 4.70. The molecule has 0 aliphatic carbocycles. The molecule has 6 nitrogen and oxygen atoms in total. The van der Waals surface area contributed by atoms with Gasteiger partial charge in [0.25, 0.3) is 0 Å². The number of likely N-dealkylation sites (tertiary alicyclic amines) is 1. The highest BCUT2D eigenvalue weighted by Gasteiger charge is 2.33. The first-order valence-corrected chi connectivity index (χ1v) is 8.39. The van der Waals surface area contributed by atoms with Crippen LogP contribution < -0.4 is 5.32 Å². The first kappa shape index (κ1) is 17.8. The molecule has 0 aromatic carbocycles. The van der Waals surface area contributed by atoms with Crippen LogP contribution in [0, 0.1) is 6.92 Å². The molecule has 0 saturated carbocycles. The molecule has 2 rings (SSSR count). The summed E-state index contributed by atoms with van der Waals surface area (Å²) < 4.78 is 7.36. The topological polar surface area (TPSA) is 59.4 Å². The smallest absolute Gasteiger partial charge is 0.410 e. The zero-order valence-corrected chi connectivity index (χ0v) is 15.2. The molecule has 1 aliphatic heterocycles. The van der Waals surface area contributed by atoms with Gasteiger partial charge in [0.15, 0.2) is 0 Å². The fourth-order valence-electron chi connectivity index (χ4n) is 3.06. The minimum atomic E-state index is -0.454. The van der Waals surface area contributed by atoms with E-state index in [9.17, 15) is 4.79 Å². The van der Waals surface area contributed by atoms with E-state index in [-0.39, 0.29) is 18.2 Å². The number of carbonyl (C=O) groups is 1. The molecule has 1 aromatic rings. The average molecular weight is 322 g/mol. The van der Waals surface area contributed by atoms with Crippen molar-refractivity contribution in [2.45, 2.75) is 71.7 Å². The highest BCUT2D eigenvalue weighted by atomic mass is 16.6. The summed E-state index contributed by atoms with van der Waals surface area (Å²) in [6, 6.07) is 0.395. The van der Waals surface area contributed by atoms with Crippen LogP contribution in [0.2, 0.25) is 0 Å². The van der Waals surface area contributed by atoms with Crippen LogP contribution >= 0.6 is 0 Å². The van der Waals surface area contributed by atoms with Crippen molar-refractivity contribution in [3.05, 3.63) is 17.5 Å². The third-order valence-corrected chi connectivity index (χ3v) is 4.29. The lowest BCUT2D eigenvalue weighted by atomic mass is 9.97. The van der Waals surface area contributed by atoms with Crippen LogP contribution in [-0.4, -0.2) is 45.0 Å². The summed E-state index contributed by atoms with van der Waals surface area (Å²) in [5.74, 6) is 0. The maximum absolute atomic E-state index is 12.4. The highest BCUT2D eigenvalue weighted by Crippen LogP contribution is 2.21. The Bertz CT molecular complexity index is 547. The number of piperidine rings is 1. The summed E-state index contributed by atoms with van der Waals surface area (Å²) in [6.45, 7) is 11.4. The van der Waals surface area contributed by atoms with Crippen molar-refractivity contribution in [2.75, 3.05) is 6.54 Å². The quantitative estimate of drug-likeness (QED) is 0.929. The summed E-state index contributed by atoms with van der Waals surface area (Å²) in [5, 5.41) is 7.96. The third-order valence-electron chi connectivity index (χ3n) is 4.29. The van der Waals surface area contributed by atoms with Gasteiger partial charge in [-0.25, -0.2) is 4.79 Å². The fourth-order valence-corrected chi connectivity index (χ4v) is 3.06. The lowest BCUT2D eigenvalue weighted by Crippen LogP contribution is -2.55. The van der Waals surface area contributed by atoms with Gasteiger partial charge in [0.1, 0.15) is 5.60 Å². The number of amides is 1. The van der Waals surface area contributed by atoms with Gasteiger partial charge in [-0.3, -0.25) is 4.68 Å². The number of hydrogen-bond acceptors (Lipinski definition) is 4.